The van der Waals surface area contributed by atoms with E-state index in [0.717, 1.165) is 5.56 Å². The number of esters is 1. The Balaban J connectivity index is 2.58. The van der Waals surface area contributed by atoms with Gasteiger partial charge in [0.25, 0.3) is 5.91 Å². The van der Waals surface area contributed by atoms with Crippen molar-refractivity contribution in [3.8, 4) is 12.3 Å². The van der Waals surface area contributed by atoms with Crippen molar-refractivity contribution in [3.05, 3.63) is 35.9 Å². The Morgan fingerprint density at radius 2 is 1.95 bits per heavy atom. The molecular weight excluding hydrogens is 242 g/mol. The number of carbonyl (C=O) groups is 2. The van der Waals surface area contributed by atoms with Crippen molar-refractivity contribution in [2.75, 3.05) is 13.2 Å². The van der Waals surface area contributed by atoms with Crippen LogP contribution in [0.25, 0.3) is 0 Å². The lowest BCUT2D eigenvalue weighted by molar-refractivity contribution is -0.153. The van der Waals surface area contributed by atoms with E-state index in [2.05, 4.69) is 11.2 Å². The van der Waals surface area contributed by atoms with Gasteiger partial charge < -0.3 is 10.1 Å². The molecule has 0 bridgehead atoms. The summed E-state index contributed by atoms with van der Waals surface area (Å²) in [5, 5.41) is 2.43. The Hall–Kier alpha value is -2.28. The molecule has 1 N–H and O–H groups in total. The summed E-state index contributed by atoms with van der Waals surface area (Å²) < 4.78 is 5.00. The molecule has 1 aromatic carbocycles. The topological polar surface area (TPSA) is 55.4 Å². The Labute approximate surface area is 113 Å². The molecular formula is C15H17NO3. The summed E-state index contributed by atoms with van der Waals surface area (Å²) in [7, 11) is 0. The zero-order valence-corrected chi connectivity index (χ0v) is 11.1. The average Bonchev–Trinajstić information content (AvgIpc) is 2.43. The molecule has 0 spiro atoms. The highest BCUT2D eigenvalue weighted by atomic mass is 16.5. The highest BCUT2D eigenvalue weighted by molar-refractivity contribution is 5.85. The first-order chi connectivity index (χ1) is 8.98. The number of nitrogens with one attached hydrogen (secondary N) is 1. The number of hydrogen-bond acceptors (Lipinski definition) is 3. The largest absolute Gasteiger partial charge is 0.455 e. The minimum atomic E-state index is -0.798. The van der Waals surface area contributed by atoms with Gasteiger partial charge in [-0.15, -0.1) is 6.42 Å². The van der Waals surface area contributed by atoms with Crippen LogP contribution < -0.4 is 5.32 Å². The van der Waals surface area contributed by atoms with Crippen molar-refractivity contribution in [1.29, 1.82) is 0 Å². The van der Waals surface area contributed by atoms with Gasteiger partial charge in [0.05, 0.1) is 12.0 Å². The molecule has 0 saturated carbocycles. The van der Waals surface area contributed by atoms with Gasteiger partial charge in [-0.25, -0.2) is 0 Å². The first-order valence-electron chi connectivity index (χ1n) is 5.91. The Morgan fingerprint density at radius 3 is 2.53 bits per heavy atom. The Morgan fingerprint density at radius 1 is 1.32 bits per heavy atom. The summed E-state index contributed by atoms with van der Waals surface area (Å²) in [5.41, 5.74) is 0.0391. The van der Waals surface area contributed by atoms with Gasteiger partial charge in [0.2, 0.25) is 0 Å². The highest BCUT2D eigenvalue weighted by Gasteiger charge is 2.31. The summed E-state index contributed by atoms with van der Waals surface area (Å²) in [6.45, 7) is 3.31. The minimum absolute atomic E-state index is 0.123. The van der Waals surface area contributed by atoms with Crippen LogP contribution in [0.2, 0.25) is 0 Å². The molecule has 0 unspecified atom stereocenters. The minimum Gasteiger partial charge on any atom is -0.455 e. The van der Waals surface area contributed by atoms with E-state index in [1.807, 2.05) is 30.3 Å². The van der Waals surface area contributed by atoms with Crippen molar-refractivity contribution in [3.63, 3.8) is 0 Å². The molecule has 19 heavy (non-hydrogen) atoms. The van der Waals surface area contributed by atoms with Gasteiger partial charge in [-0.1, -0.05) is 36.3 Å². The standard InChI is InChI=1S/C15H17NO3/c1-4-10-16-13(17)11-19-14(18)15(2,3)12-8-6-5-7-9-12/h1,5-9H,10-11H2,2-3H3,(H,16,17). The van der Waals surface area contributed by atoms with Crippen LogP contribution in [-0.4, -0.2) is 25.0 Å². The van der Waals surface area contributed by atoms with Crippen molar-refractivity contribution in [2.45, 2.75) is 19.3 Å². The molecule has 0 aromatic heterocycles. The molecule has 0 aliphatic heterocycles. The molecule has 0 heterocycles. The SMILES string of the molecule is C#CCNC(=O)COC(=O)C(C)(C)c1ccccc1. The summed E-state index contributed by atoms with van der Waals surface area (Å²) >= 11 is 0. The fraction of sp³-hybridized carbons (Fsp3) is 0.333. The van der Waals surface area contributed by atoms with Crippen LogP contribution in [0, 0.1) is 12.3 Å². The van der Waals surface area contributed by atoms with Gasteiger partial charge in [-0.2, -0.15) is 0 Å². The lowest BCUT2D eigenvalue weighted by atomic mass is 9.85. The van der Waals surface area contributed by atoms with Gasteiger partial charge in [0.15, 0.2) is 6.61 Å². The predicted octanol–water partition coefficient (Wildman–Crippen LogP) is 1.26. The van der Waals surface area contributed by atoms with Gasteiger partial charge in [0.1, 0.15) is 0 Å². The van der Waals surface area contributed by atoms with Gasteiger partial charge in [-0.3, -0.25) is 9.59 Å². The number of carbonyl (C=O) groups excluding carboxylic acids is 2. The van der Waals surface area contributed by atoms with Crippen LogP contribution in [-0.2, 0) is 19.7 Å². The summed E-state index contributed by atoms with van der Waals surface area (Å²) in [6, 6.07) is 9.27. The van der Waals surface area contributed by atoms with Crippen molar-refractivity contribution in [1.82, 2.24) is 5.32 Å². The number of hydrogen-bond donors (Lipinski definition) is 1. The van der Waals surface area contributed by atoms with Gasteiger partial charge >= 0.3 is 5.97 Å². The maximum absolute atomic E-state index is 12.0. The predicted molar refractivity (Wildman–Crippen MR) is 72.3 cm³/mol. The maximum atomic E-state index is 12.0. The molecule has 4 nitrogen and oxygen atoms in total. The molecule has 100 valence electrons. The number of rotatable bonds is 5. The van der Waals surface area contributed by atoms with Gasteiger partial charge in [0, 0.05) is 0 Å². The third kappa shape index (κ3) is 4.14. The first-order valence-corrected chi connectivity index (χ1v) is 5.91. The molecule has 0 radical (unpaired) electrons. The van der Waals surface area contributed by atoms with E-state index in [9.17, 15) is 9.59 Å². The molecule has 0 aliphatic carbocycles. The molecule has 0 saturated heterocycles. The molecule has 0 fully saturated rings. The number of terminal acetylenes is 1. The number of amides is 1. The van der Waals surface area contributed by atoms with E-state index in [1.165, 1.54) is 0 Å². The fourth-order valence-corrected chi connectivity index (χ4v) is 1.48. The van der Waals surface area contributed by atoms with Crippen molar-refractivity contribution >= 4 is 11.9 Å². The molecule has 0 aliphatic rings. The second-order valence-corrected chi connectivity index (χ2v) is 4.55. The third-order valence-corrected chi connectivity index (χ3v) is 2.73. The van der Waals surface area contributed by atoms with E-state index < -0.39 is 17.3 Å². The fourth-order valence-electron chi connectivity index (χ4n) is 1.48. The van der Waals surface area contributed by atoms with Crippen molar-refractivity contribution in [2.24, 2.45) is 0 Å². The maximum Gasteiger partial charge on any atom is 0.316 e. The van der Waals surface area contributed by atoms with E-state index >= 15 is 0 Å². The first kappa shape index (κ1) is 14.8. The molecule has 1 rings (SSSR count). The normalized spacial score (nSPS) is 10.4. The lowest BCUT2D eigenvalue weighted by Crippen LogP contribution is -2.35. The van der Waals surface area contributed by atoms with Crippen LogP contribution in [0.15, 0.2) is 30.3 Å². The van der Waals surface area contributed by atoms with Crippen LogP contribution in [0.4, 0.5) is 0 Å². The lowest BCUT2D eigenvalue weighted by Gasteiger charge is -2.22. The number of ether oxygens (including phenoxy) is 1. The molecule has 0 atom stereocenters. The molecule has 1 aromatic rings. The quantitative estimate of drug-likeness (QED) is 0.639. The van der Waals surface area contributed by atoms with E-state index in [4.69, 9.17) is 11.2 Å². The molecule has 4 heteroatoms. The van der Waals surface area contributed by atoms with E-state index in [-0.39, 0.29) is 13.2 Å². The van der Waals surface area contributed by atoms with Crippen LogP contribution in [0.3, 0.4) is 0 Å². The van der Waals surface area contributed by atoms with Crippen LogP contribution >= 0.6 is 0 Å². The van der Waals surface area contributed by atoms with Crippen LogP contribution in [0.1, 0.15) is 19.4 Å². The second-order valence-electron chi connectivity index (χ2n) is 4.55. The van der Waals surface area contributed by atoms with Gasteiger partial charge in [-0.05, 0) is 19.4 Å². The number of benzene rings is 1. The van der Waals surface area contributed by atoms with E-state index in [0.29, 0.717) is 0 Å². The summed E-state index contributed by atoms with van der Waals surface area (Å²) in [5.74, 6) is 1.41. The smallest absolute Gasteiger partial charge is 0.316 e. The highest BCUT2D eigenvalue weighted by Crippen LogP contribution is 2.24. The Kier molecular flexibility index (Phi) is 5.13. The monoisotopic (exact) mass is 259 g/mol. The summed E-state index contributed by atoms with van der Waals surface area (Å²) in [4.78, 5) is 23.3. The zero-order valence-electron chi connectivity index (χ0n) is 11.1. The average molecular weight is 259 g/mol. The molecule has 1 amide bonds. The zero-order chi connectivity index (χ0) is 14.3. The van der Waals surface area contributed by atoms with E-state index in [1.54, 1.807) is 13.8 Å². The summed E-state index contributed by atoms with van der Waals surface area (Å²) in [6.07, 6.45) is 5.01. The van der Waals surface area contributed by atoms with Crippen LogP contribution in [0.5, 0.6) is 0 Å². The van der Waals surface area contributed by atoms with Crippen molar-refractivity contribution < 1.29 is 14.3 Å². The second kappa shape index (κ2) is 6.60. The third-order valence-electron chi connectivity index (χ3n) is 2.73. The Bertz CT molecular complexity index is 486.